The first-order valence-corrected chi connectivity index (χ1v) is 12.8. The number of esters is 1. The van der Waals surface area contributed by atoms with Crippen LogP contribution in [0.1, 0.15) is 22.3 Å². The van der Waals surface area contributed by atoms with Crippen molar-refractivity contribution in [3.05, 3.63) is 58.6 Å². The van der Waals surface area contributed by atoms with E-state index < -0.39 is 26.0 Å². The molecular weight excluding hydrogens is 464 g/mol. The molecule has 0 bridgehead atoms. The fraction of sp³-hybridized carbons (Fsp3) is 0.350. The highest BCUT2D eigenvalue weighted by atomic mass is 35.5. The summed E-state index contributed by atoms with van der Waals surface area (Å²) in [4.78, 5) is 11.8. The van der Waals surface area contributed by atoms with Gasteiger partial charge in [-0.2, -0.15) is 8.61 Å². The molecule has 0 unspecified atom stereocenters. The van der Waals surface area contributed by atoms with E-state index in [1.807, 2.05) is 6.92 Å². The maximum Gasteiger partial charge on any atom is 0.337 e. The minimum Gasteiger partial charge on any atom is -0.465 e. The molecule has 0 amide bonds. The van der Waals surface area contributed by atoms with Gasteiger partial charge in [-0.1, -0.05) is 29.3 Å². The molecule has 0 aliphatic carbocycles. The van der Waals surface area contributed by atoms with Gasteiger partial charge < -0.3 is 4.74 Å². The van der Waals surface area contributed by atoms with Crippen molar-refractivity contribution < 1.29 is 26.4 Å². The van der Waals surface area contributed by atoms with Gasteiger partial charge in [0, 0.05) is 26.2 Å². The lowest BCUT2D eigenvalue weighted by Crippen LogP contribution is -2.37. The highest BCUT2D eigenvalue weighted by Crippen LogP contribution is 2.28. The summed E-state index contributed by atoms with van der Waals surface area (Å²) in [5, 5.41) is -0.0268. The van der Waals surface area contributed by atoms with E-state index in [9.17, 15) is 21.6 Å². The van der Waals surface area contributed by atoms with Crippen LogP contribution in [0.15, 0.2) is 52.3 Å². The van der Waals surface area contributed by atoms with E-state index >= 15 is 0 Å². The van der Waals surface area contributed by atoms with E-state index in [-0.39, 0.29) is 46.6 Å². The van der Waals surface area contributed by atoms with Gasteiger partial charge in [-0.15, -0.1) is 0 Å². The number of carbonyl (C=O) groups excluding carboxylic acids is 1. The van der Waals surface area contributed by atoms with E-state index in [0.29, 0.717) is 6.42 Å². The zero-order chi connectivity index (χ0) is 22.8. The van der Waals surface area contributed by atoms with Crippen LogP contribution in [0.4, 0.5) is 0 Å². The largest absolute Gasteiger partial charge is 0.465 e. The molecule has 1 aliphatic heterocycles. The third kappa shape index (κ3) is 4.93. The molecule has 1 fully saturated rings. The number of carbonyl (C=O) groups is 1. The number of ether oxygens (including phenoxy) is 1. The highest BCUT2D eigenvalue weighted by molar-refractivity contribution is 7.89. The summed E-state index contributed by atoms with van der Waals surface area (Å²) in [5.74, 6) is -0.681. The summed E-state index contributed by atoms with van der Waals surface area (Å²) in [6.07, 6.45) is 0.318. The van der Waals surface area contributed by atoms with Crippen molar-refractivity contribution in [1.82, 2.24) is 8.61 Å². The molecule has 1 saturated heterocycles. The Bertz CT molecular complexity index is 1180. The number of rotatable bonds is 5. The predicted octanol–water partition coefficient (Wildman–Crippen LogP) is 2.52. The Labute approximate surface area is 187 Å². The van der Waals surface area contributed by atoms with E-state index in [1.54, 1.807) is 24.3 Å². The van der Waals surface area contributed by atoms with Crippen LogP contribution in [0.5, 0.6) is 0 Å². The Hall–Kier alpha value is -1.98. The van der Waals surface area contributed by atoms with Gasteiger partial charge in [0.1, 0.15) is 4.90 Å². The lowest BCUT2D eigenvalue weighted by molar-refractivity contribution is 0.0600. The van der Waals surface area contributed by atoms with Gasteiger partial charge in [-0.25, -0.2) is 21.6 Å². The fourth-order valence-corrected chi connectivity index (χ4v) is 6.73. The molecule has 0 saturated carbocycles. The first-order chi connectivity index (χ1) is 14.6. The SMILES string of the molecule is COC(=O)c1ccc(Cl)c(S(=O)(=O)N2CCCN(S(=O)(=O)c3ccc(C)cc3)CC2)c1. The standard InChI is InChI=1S/C20H23ClN2O6S2/c1-15-4-7-17(8-5-15)30(25,26)22-10-3-11-23(13-12-22)31(27,28)19-14-16(20(24)29-2)6-9-18(19)21/h4-9,14H,3,10-13H2,1-2H3. The van der Waals surface area contributed by atoms with Crippen molar-refractivity contribution in [2.45, 2.75) is 23.1 Å². The summed E-state index contributed by atoms with van der Waals surface area (Å²) < 4.78 is 59.5. The van der Waals surface area contributed by atoms with Crippen LogP contribution < -0.4 is 0 Å². The van der Waals surface area contributed by atoms with Gasteiger partial charge in [-0.05, 0) is 43.7 Å². The molecule has 11 heteroatoms. The Kier molecular flexibility index (Phi) is 7.07. The summed E-state index contributed by atoms with van der Waals surface area (Å²) in [7, 11) is -6.59. The second-order valence-electron chi connectivity index (χ2n) is 7.11. The number of sulfonamides is 2. The number of hydrogen-bond acceptors (Lipinski definition) is 6. The number of halogens is 1. The van der Waals surface area contributed by atoms with Crippen LogP contribution in [-0.2, 0) is 24.8 Å². The fourth-order valence-electron chi connectivity index (χ4n) is 3.30. The maximum atomic E-state index is 13.2. The van der Waals surface area contributed by atoms with Crippen LogP contribution in [0, 0.1) is 6.92 Å². The molecule has 2 aromatic rings. The lowest BCUT2D eigenvalue weighted by Gasteiger charge is -2.22. The second-order valence-corrected chi connectivity index (χ2v) is 11.4. The Morgan fingerprint density at radius 2 is 1.48 bits per heavy atom. The number of nitrogens with zero attached hydrogens (tertiary/aromatic N) is 2. The molecule has 0 radical (unpaired) electrons. The van der Waals surface area contributed by atoms with Crippen molar-refractivity contribution in [2.24, 2.45) is 0 Å². The van der Waals surface area contributed by atoms with E-state index in [1.165, 1.54) is 33.9 Å². The average molecular weight is 487 g/mol. The summed E-state index contributed by atoms with van der Waals surface area (Å²) in [6, 6.07) is 10.4. The van der Waals surface area contributed by atoms with Gasteiger partial charge in [0.2, 0.25) is 20.0 Å². The first kappa shape index (κ1) is 23.7. The Morgan fingerprint density at radius 1 is 0.903 bits per heavy atom. The minimum atomic E-state index is -4.05. The molecule has 1 aliphatic rings. The van der Waals surface area contributed by atoms with Crippen molar-refractivity contribution >= 4 is 37.6 Å². The molecule has 0 spiro atoms. The lowest BCUT2D eigenvalue weighted by atomic mass is 10.2. The molecule has 1 heterocycles. The number of methoxy groups -OCH3 is 1. The van der Waals surface area contributed by atoms with E-state index in [0.717, 1.165) is 5.56 Å². The molecule has 0 atom stereocenters. The van der Waals surface area contributed by atoms with Crippen molar-refractivity contribution in [2.75, 3.05) is 33.3 Å². The van der Waals surface area contributed by atoms with Gasteiger partial charge >= 0.3 is 5.97 Å². The Balaban J connectivity index is 1.85. The van der Waals surface area contributed by atoms with Gasteiger partial charge in [0.15, 0.2) is 0 Å². The third-order valence-electron chi connectivity index (χ3n) is 5.04. The predicted molar refractivity (Wildman–Crippen MR) is 116 cm³/mol. The number of aryl methyl sites for hydroxylation is 1. The van der Waals surface area contributed by atoms with Crippen LogP contribution in [0.2, 0.25) is 5.02 Å². The number of hydrogen-bond donors (Lipinski definition) is 0. The van der Waals surface area contributed by atoms with E-state index in [2.05, 4.69) is 4.74 Å². The first-order valence-electron chi connectivity index (χ1n) is 9.52. The molecular formula is C20H23ClN2O6S2. The molecule has 3 rings (SSSR count). The van der Waals surface area contributed by atoms with Crippen LogP contribution >= 0.6 is 11.6 Å². The van der Waals surface area contributed by atoms with Crippen molar-refractivity contribution in [1.29, 1.82) is 0 Å². The summed E-state index contributed by atoms with van der Waals surface area (Å²) in [6.45, 7) is 2.15. The van der Waals surface area contributed by atoms with Crippen molar-refractivity contribution in [3.8, 4) is 0 Å². The quantitative estimate of drug-likeness (QED) is 0.602. The van der Waals surface area contributed by atoms with Crippen molar-refractivity contribution in [3.63, 3.8) is 0 Å². The monoisotopic (exact) mass is 486 g/mol. The Morgan fingerprint density at radius 3 is 2.06 bits per heavy atom. The van der Waals surface area contributed by atoms with Crippen LogP contribution in [0.3, 0.4) is 0 Å². The van der Waals surface area contributed by atoms with Crippen LogP contribution in [0.25, 0.3) is 0 Å². The average Bonchev–Trinajstić information content (AvgIpc) is 3.01. The van der Waals surface area contributed by atoms with Crippen LogP contribution in [-0.4, -0.2) is 64.7 Å². The molecule has 31 heavy (non-hydrogen) atoms. The molecule has 168 valence electrons. The summed E-state index contributed by atoms with van der Waals surface area (Å²) in [5.41, 5.74) is 1.00. The molecule has 2 aromatic carbocycles. The normalized spacial score (nSPS) is 16.6. The maximum absolute atomic E-state index is 13.2. The number of benzene rings is 2. The summed E-state index contributed by atoms with van der Waals surface area (Å²) >= 11 is 6.12. The molecule has 0 N–H and O–H groups in total. The van der Waals surface area contributed by atoms with Gasteiger partial charge in [-0.3, -0.25) is 0 Å². The third-order valence-corrected chi connectivity index (χ3v) is 9.34. The zero-order valence-electron chi connectivity index (χ0n) is 17.1. The smallest absolute Gasteiger partial charge is 0.337 e. The van der Waals surface area contributed by atoms with Gasteiger partial charge in [0.05, 0.1) is 22.6 Å². The second kappa shape index (κ2) is 9.25. The minimum absolute atomic E-state index is 0.00372. The molecule has 0 aromatic heterocycles. The topological polar surface area (TPSA) is 101 Å². The van der Waals surface area contributed by atoms with Gasteiger partial charge in [0.25, 0.3) is 0 Å². The molecule has 8 nitrogen and oxygen atoms in total. The van der Waals surface area contributed by atoms with E-state index in [4.69, 9.17) is 11.6 Å². The highest BCUT2D eigenvalue weighted by Gasteiger charge is 2.33. The zero-order valence-corrected chi connectivity index (χ0v) is 19.5.